The number of hydrogen-bond acceptors (Lipinski definition) is 6. The van der Waals surface area contributed by atoms with Crippen LogP contribution >= 0.6 is 0 Å². The van der Waals surface area contributed by atoms with E-state index in [-0.39, 0.29) is 11.5 Å². The smallest absolute Gasteiger partial charge is 0.351 e. The summed E-state index contributed by atoms with van der Waals surface area (Å²) in [5, 5.41) is 2.48. The normalized spacial score (nSPS) is 9.95. The quantitative estimate of drug-likeness (QED) is 0.364. The Labute approximate surface area is 120 Å². The van der Waals surface area contributed by atoms with Crippen molar-refractivity contribution >= 4 is 11.9 Å². The Morgan fingerprint density at radius 2 is 1.14 bits per heavy atom. The van der Waals surface area contributed by atoms with Gasteiger partial charge in [-0.15, -0.1) is 4.91 Å². The number of nitrogens with zero attached hydrogens (tertiary/aromatic N) is 1. The van der Waals surface area contributed by atoms with Gasteiger partial charge in [0.2, 0.25) is 0 Å². The van der Waals surface area contributed by atoms with E-state index in [0.717, 1.165) is 0 Å². The lowest BCUT2D eigenvalue weighted by Crippen LogP contribution is -2.35. The SMILES string of the molecule is O=NC(C(=O)Oc1ccccc1)C(=O)Oc1ccccc1. The highest BCUT2D eigenvalue weighted by molar-refractivity contribution is 6.01. The topological polar surface area (TPSA) is 82.0 Å². The predicted octanol–water partition coefficient (Wildman–Crippen LogP) is 2.33. The number of ether oxygens (including phenoxy) is 2. The maximum absolute atomic E-state index is 11.8. The molecule has 0 aliphatic rings. The largest absolute Gasteiger partial charge is 0.424 e. The number of para-hydroxylation sites is 2. The standard InChI is InChI=1S/C15H11NO5/c17-14(20-11-7-3-1-4-8-11)13(16-19)15(18)21-12-9-5-2-6-10-12/h1-10,13H. The molecule has 0 aromatic heterocycles. The van der Waals surface area contributed by atoms with E-state index in [2.05, 4.69) is 5.18 Å². The third-order valence-corrected chi connectivity index (χ3v) is 2.48. The van der Waals surface area contributed by atoms with Gasteiger partial charge in [0, 0.05) is 0 Å². The molecule has 0 saturated heterocycles. The first-order valence-electron chi connectivity index (χ1n) is 6.06. The molecule has 0 N–H and O–H groups in total. The lowest BCUT2D eigenvalue weighted by molar-refractivity contribution is -0.146. The van der Waals surface area contributed by atoms with Crippen molar-refractivity contribution in [3.63, 3.8) is 0 Å². The van der Waals surface area contributed by atoms with Gasteiger partial charge in [-0.05, 0) is 29.4 Å². The molecule has 0 radical (unpaired) electrons. The van der Waals surface area contributed by atoms with Crippen LogP contribution < -0.4 is 9.47 Å². The number of esters is 2. The van der Waals surface area contributed by atoms with Gasteiger partial charge in [-0.1, -0.05) is 36.4 Å². The molecule has 0 atom stereocenters. The summed E-state index contributed by atoms with van der Waals surface area (Å²) < 4.78 is 9.79. The summed E-state index contributed by atoms with van der Waals surface area (Å²) in [6, 6.07) is 14.2. The highest BCUT2D eigenvalue weighted by Crippen LogP contribution is 2.13. The first-order valence-corrected chi connectivity index (χ1v) is 6.06. The molecule has 2 aromatic rings. The fraction of sp³-hybridized carbons (Fsp3) is 0.0667. The monoisotopic (exact) mass is 285 g/mol. The minimum absolute atomic E-state index is 0.212. The maximum Gasteiger partial charge on any atom is 0.351 e. The molecule has 0 heterocycles. The molecule has 0 aliphatic carbocycles. The van der Waals surface area contributed by atoms with Crippen LogP contribution in [0, 0.1) is 4.91 Å². The van der Waals surface area contributed by atoms with Crippen LogP contribution in [0.1, 0.15) is 0 Å². The molecule has 106 valence electrons. The number of carbonyl (C=O) groups is 2. The van der Waals surface area contributed by atoms with Gasteiger partial charge in [-0.25, -0.2) is 9.59 Å². The molecule has 2 rings (SSSR count). The second-order valence-corrected chi connectivity index (χ2v) is 3.98. The van der Waals surface area contributed by atoms with E-state index in [0.29, 0.717) is 0 Å². The van der Waals surface area contributed by atoms with Gasteiger partial charge in [-0.3, -0.25) is 0 Å². The van der Waals surface area contributed by atoms with E-state index in [1.165, 1.54) is 24.3 Å². The third-order valence-electron chi connectivity index (χ3n) is 2.48. The molecular formula is C15H11NO5. The Bertz CT molecular complexity index is 574. The Balaban J connectivity index is 2.03. The molecule has 0 amide bonds. The van der Waals surface area contributed by atoms with Crippen molar-refractivity contribution < 1.29 is 19.1 Å². The van der Waals surface area contributed by atoms with Crippen molar-refractivity contribution in [1.29, 1.82) is 0 Å². The van der Waals surface area contributed by atoms with Crippen LogP contribution in [0.5, 0.6) is 11.5 Å². The summed E-state index contributed by atoms with van der Waals surface area (Å²) in [5.74, 6) is -1.75. The fourth-order valence-corrected chi connectivity index (χ4v) is 1.50. The van der Waals surface area contributed by atoms with Crippen molar-refractivity contribution in [3.05, 3.63) is 65.6 Å². The zero-order valence-electron chi connectivity index (χ0n) is 10.8. The first-order chi connectivity index (χ1) is 10.2. The number of nitroso groups, excluding NO2 is 1. The van der Waals surface area contributed by atoms with Crippen LogP contribution in [-0.4, -0.2) is 18.0 Å². The average molecular weight is 285 g/mol. The molecule has 2 aromatic carbocycles. The molecule has 6 heteroatoms. The van der Waals surface area contributed by atoms with Crippen molar-refractivity contribution in [3.8, 4) is 11.5 Å². The molecule has 0 bridgehead atoms. The second-order valence-electron chi connectivity index (χ2n) is 3.98. The summed E-state index contributed by atoms with van der Waals surface area (Å²) in [6.07, 6.45) is 0. The highest BCUT2D eigenvalue weighted by atomic mass is 16.6. The Hall–Kier alpha value is -3.02. The molecular weight excluding hydrogens is 274 g/mol. The molecule has 0 fully saturated rings. The molecule has 0 spiro atoms. The molecule has 0 aliphatic heterocycles. The maximum atomic E-state index is 11.8. The van der Waals surface area contributed by atoms with E-state index in [4.69, 9.17) is 9.47 Å². The van der Waals surface area contributed by atoms with Crippen molar-refractivity contribution in [2.45, 2.75) is 6.04 Å². The van der Waals surface area contributed by atoms with E-state index >= 15 is 0 Å². The highest BCUT2D eigenvalue weighted by Gasteiger charge is 2.32. The average Bonchev–Trinajstić information content (AvgIpc) is 2.50. The number of benzene rings is 2. The van der Waals surface area contributed by atoms with Gasteiger partial charge < -0.3 is 9.47 Å². The van der Waals surface area contributed by atoms with Gasteiger partial charge in [0.1, 0.15) is 11.5 Å². The summed E-state index contributed by atoms with van der Waals surface area (Å²) in [4.78, 5) is 34.2. The van der Waals surface area contributed by atoms with Gasteiger partial charge in [0.25, 0.3) is 6.04 Å². The number of carbonyl (C=O) groups excluding carboxylic acids is 2. The summed E-state index contributed by atoms with van der Waals surface area (Å²) in [5.41, 5.74) is 0. The lowest BCUT2D eigenvalue weighted by atomic mass is 10.3. The van der Waals surface area contributed by atoms with Crippen LogP contribution in [0.2, 0.25) is 0 Å². The fourth-order valence-electron chi connectivity index (χ4n) is 1.50. The van der Waals surface area contributed by atoms with Crippen LogP contribution in [-0.2, 0) is 9.59 Å². The summed E-state index contributed by atoms with van der Waals surface area (Å²) >= 11 is 0. The first kappa shape index (κ1) is 14.4. The van der Waals surface area contributed by atoms with Crippen LogP contribution in [0.15, 0.2) is 65.8 Å². The minimum Gasteiger partial charge on any atom is -0.424 e. The summed E-state index contributed by atoms with van der Waals surface area (Å²) in [7, 11) is 0. The van der Waals surface area contributed by atoms with Gasteiger partial charge >= 0.3 is 11.9 Å². The summed E-state index contributed by atoms with van der Waals surface area (Å²) in [6.45, 7) is 0. The third kappa shape index (κ3) is 3.97. The van der Waals surface area contributed by atoms with Crippen LogP contribution in [0.4, 0.5) is 0 Å². The Morgan fingerprint density at radius 1 is 0.762 bits per heavy atom. The van der Waals surface area contributed by atoms with E-state index in [9.17, 15) is 14.5 Å². The number of hydrogen-bond donors (Lipinski definition) is 0. The number of rotatable bonds is 5. The Morgan fingerprint density at radius 3 is 1.48 bits per heavy atom. The van der Waals surface area contributed by atoms with E-state index < -0.39 is 18.0 Å². The van der Waals surface area contributed by atoms with Crippen LogP contribution in [0.3, 0.4) is 0 Å². The van der Waals surface area contributed by atoms with Crippen molar-refractivity contribution in [1.82, 2.24) is 0 Å². The lowest BCUT2D eigenvalue weighted by Gasteiger charge is -2.09. The molecule has 21 heavy (non-hydrogen) atoms. The van der Waals surface area contributed by atoms with Crippen molar-refractivity contribution in [2.75, 3.05) is 0 Å². The molecule has 0 unspecified atom stereocenters. The predicted molar refractivity (Wildman–Crippen MR) is 73.7 cm³/mol. The van der Waals surface area contributed by atoms with Gasteiger partial charge in [0.05, 0.1) is 0 Å². The molecule has 6 nitrogen and oxygen atoms in total. The van der Waals surface area contributed by atoms with Gasteiger partial charge in [0.15, 0.2) is 0 Å². The van der Waals surface area contributed by atoms with Crippen molar-refractivity contribution in [2.24, 2.45) is 5.18 Å². The zero-order valence-corrected chi connectivity index (χ0v) is 10.8. The van der Waals surface area contributed by atoms with E-state index in [1.807, 2.05) is 0 Å². The molecule has 0 saturated carbocycles. The van der Waals surface area contributed by atoms with E-state index in [1.54, 1.807) is 36.4 Å². The van der Waals surface area contributed by atoms with Crippen LogP contribution in [0.25, 0.3) is 0 Å². The second kappa shape index (κ2) is 6.95. The zero-order chi connectivity index (χ0) is 15.1. The Kier molecular flexibility index (Phi) is 4.76. The minimum atomic E-state index is -1.87. The van der Waals surface area contributed by atoms with Gasteiger partial charge in [-0.2, -0.15) is 0 Å².